The molecule has 0 spiro atoms. The van der Waals surface area contributed by atoms with Gasteiger partial charge in [0.05, 0.1) is 19.9 Å². The number of ether oxygens (including phenoxy) is 3. The zero-order valence-corrected chi connectivity index (χ0v) is 23.0. The fraction of sp³-hybridized carbons (Fsp3) is 0.219. The molecule has 0 bridgehead atoms. The summed E-state index contributed by atoms with van der Waals surface area (Å²) in [4.78, 5) is 30.8. The van der Waals surface area contributed by atoms with Crippen LogP contribution in [0.1, 0.15) is 29.5 Å². The average Bonchev–Trinajstić information content (AvgIpc) is 3.34. The van der Waals surface area contributed by atoms with Crippen molar-refractivity contribution in [1.82, 2.24) is 9.88 Å². The average molecular weight is 541 g/mol. The molecule has 1 aromatic heterocycles. The van der Waals surface area contributed by atoms with Gasteiger partial charge in [0.15, 0.2) is 0 Å². The number of esters is 1. The molecule has 0 N–H and O–H groups in total. The summed E-state index contributed by atoms with van der Waals surface area (Å²) in [6.07, 6.45) is 2.09. The molecule has 4 rings (SSSR count). The Labute approximate surface area is 233 Å². The Morgan fingerprint density at radius 2 is 1.60 bits per heavy atom. The summed E-state index contributed by atoms with van der Waals surface area (Å²) in [5, 5.41) is 0. The Morgan fingerprint density at radius 1 is 0.925 bits per heavy atom. The molecule has 40 heavy (non-hydrogen) atoms. The van der Waals surface area contributed by atoms with Crippen molar-refractivity contribution in [3.8, 4) is 23.0 Å². The number of carbonyl (C=O) groups excluding carboxylic acids is 2. The number of amides is 1. The fourth-order valence-electron chi connectivity index (χ4n) is 4.05. The van der Waals surface area contributed by atoms with Gasteiger partial charge in [-0.05, 0) is 61.4 Å². The highest BCUT2D eigenvalue weighted by molar-refractivity contribution is 5.79. The van der Waals surface area contributed by atoms with Crippen molar-refractivity contribution in [2.24, 2.45) is 0 Å². The van der Waals surface area contributed by atoms with Crippen molar-refractivity contribution in [3.05, 3.63) is 107 Å². The van der Waals surface area contributed by atoms with Crippen LogP contribution in [0, 0.1) is 6.92 Å². The van der Waals surface area contributed by atoms with Crippen LogP contribution in [0.2, 0.25) is 0 Å². The smallest absolute Gasteiger partial charge is 0.416 e. The van der Waals surface area contributed by atoms with E-state index in [1.165, 1.54) is 12.0 Å². The molecule has 8 heteroatoms. The second kappa shape index (κ2) is 13.3. The summed E-state index contributed by atoms with van der Waals surface area (Å²) in [6, 6.07) is 24.2. The van der Waals surface area contributed by atoms with Gasteiger partial charge < -0.3 is 18.6 Å². The molecule has 1 amide bonds. The van der Waals surface area contributed by atoms with E-state index in [0.29, 0.717) is 23.8 Å². The molecule has 0 radical (unpaired) electrons. The van der Waals surface area contributed by atoms with Gasteiger partial charge in [0.1, 0.15) is 23.8 Å². The molecule has 0 fully saturated rings. The second-order valence-electron chi connectivity index (χ2n) is 9.27. The lowest BCUT2D eigenvalue weighted by molar-refractivity contribution is -0.141. The number of hydrogen-bond donors (Lipinski definition) is 0. The fourth-order valence-corrected chi connectivity index (χ4v) is 4.05. The van der Waals surface area contributed by atoms with Crippen molar-refractivity contribution in [1.29, 1.82) is 0 Å². The van der Waals surface area contributed by atoms with Gasteiger partial charge >= 0.3 is 12.1 Å². The van der Waals surface area contributed by atoms with Crippen LogP contribution in [0.3, 0.4) is 0 Å². The van der Waals surface area contributed by atoms with Gasteiger partial charge in [-0.25, -0.2) is 9.78 Å². The van der Waals surface area contributed by atoms with Gasteiger partial charge in [0.2, 0.25) is 5.89 Å². The van der Waals surface area contributed by atoms with E-state index in [4.69, 9.17) is 23.6 Å². The molecule has 0 aliphatic heterocycles. The maximum Gasteiger partial charge on any atom is 0.416 e. The molecule has 0 atom stereocenters. The maximum absolute atomic E-state index is 12.9. The van der Waals surface area contributed by atoms with E-state index < -0.39 is 12.1 Å². The molecule has 0 unspecified atom stereocenters. The van der Waals surface area contributed by atoms with E-state index >= 15 is 0 Å². The van der Waals surface area contributed by atoms with Crippen LogP contribution in [0.25, 0.3) is 17.5 Å². The van der Waals surface area contributed by atoms with Crippen LogP contribution in [0.5, 0.6) is 11.5 Å². The predicted molar refractivity (Wildman–Crippen MR) is 152 cm³/mol. The summed E-state index contributed by atoms with van der Waals surface area (Å²) in [6.45, 7) is 3.91. The lowest BCUT2D eigenvalue weighted by Crippen LogP contribution is -2.37. The van der Waals surface area contributed by atoms with Gasteiger partial charge in [0.25, 0.3) is 0 Å². The van der Waals surface area contributed by atoms with Gasteiger partial charge in [-0.1, -0.05) is 54.1 Å². The number of carbonyl (C=O) groups is 2. The summed E-state index contributed by atoms with van der Waals surface area (Å²) >= 11 is 0. The summed E-state index contributed by atoms with van der Waals surface area (Å²) in [5.41, 5.74) is 4.82. The lowest BCUT2D eigenvalue weighted by Gasteiger charge is -2.21. The zero-order valence-electron chi connectivity index (χ0n) is 23.0. The van der Waals surface area contributed by atoms with Crippen LogP contribution in [-0.4, -0.2) is 42.7 Å². The molecule has 0 saturated heterocycles. The van der Waals surface area contributed by atoms with Crippen molar-refractivity contribution in [2.45, 2.75) is 26.8 Å². The van der Waals surface area contributed by atoms with E-state index in [0.717, 1.165) is 33.7 Å². The largest absolute Gasteiger partial charge is 0.497 e. The number of allylic oxidation sites excluding steroid dienone is 1. The standard InChI is InChI=1S/C32H32N2O6/c1-22(19-29-23(2)39-31(33-29)26-8-6-5-7-9-26)18-24-10-12-25(13-11-24)20-34(21-30(35)38-4)32(36)40-28-16-14-27(37-3)15-17-28/h5-18H,19-21H2,1-4H3/b22-18+. The molecule has 1 heterocycles. The normalized spacial score (nSPS) is 11.2. The quantitative estimate of drug-likeness (QED) is 0.213. The summed E-state index contributed by atoms with van der Waals surface area (Å²) in [7, 11) is 2.84. The number of aryl methyl sites for hydroxylation is 1. The van der Waals surface area contributed by atoms with Crippen LogP contribution in [0.15, 0.2) is 88.9 Å². The molecular formula is C32H32N2O6. The van der Waals surface area contributed by atoms with E-state index in [1.54, 1.807) is 31.4 Å². The van der Waals surface area contributed by atoms with Crippen molar-refractivity contribution < 1.29 is 28.2 Å². The Hall–Kier alpha value is -4.85. The van der Waals surface area contributed by atoms with Crippen LogP contribution in [0.4, 0.5) is 4.79 Å². The third-order valence-corrected chi connectivity index (χ3v) is 6.20. The molecule has 206 valence electrons. The van der Waals surface area contributed by atoms with Crippen LogP contribution in [-0.2, 0) is 22.5 Å². The zero-order chi connectivity index (χ0) is 28.5. The second-order valence-corrected chi connectivity index (χ2v) is 9.27. The summed E-state index contributed by atoms with van der Waals surface area (Å²) < 4.78 is 21.3. The Kier molecular flexibility index (Phi) is 9.35. The Balaban J connectivity index is 1.41. The molecule has 4 aromatic rings. The van der Waals surface area contributed by atoms with E-state index in [-0.39, 0.29) is 13.1 Å². The molecule has 3 aromatic carbocycles. The minimum absolute atomic E-state index is 0.174. The van der Waals surface area contributed by atoms with Gasteiger partial charge in [0, 0.05) is 18.5 Å². The third-order valence-electron chi connectivity index (χ3n) is 6.20. The number of benzene rings is 3. The first kappa shape index (κ1) is 28.2. The highest BCUT2D eigenvalue weighted by Crippen LogP contribution is 2.24. The maximum atomic E-state index is 12.9. The minimum Gasteiger partial charge on any atom is -0.497 e. The number of oxazole rings is 1. The first-order valence-electron chi connectivity index (χ1n) is 12.8. The number of aromatic nitrogens is 1. The first-order valence-corrected chi connectivity index (χ1v) is 12.8. The van der Waals surface area contributed by atoms with Crippen molar-refractivity contribution >= 4 is 18.1 Å². The van der Waals surface area contributed by atoms with Gasteiger partial charge in [-0.15, -0.1) is 0 Å². The van der Waals surface area contributed by atoms with Crippen LogP contribution < -0.4 is 9.47 Å². The van der Waals surface area contributed by atoms with Crippen LogP contribution >= 0.6 is 0 Å². The van der Waals surface area contributed by atoms with Gasteiger partial charge in [-0.2, -0.15) is 0 Å². The highest BCUT2D eigenvalue weighted by atomic mass is 16.6. The Morgan fingerprint density at radius 3 is 2.25 bits per heavy atom. The number of rotatable bonds is 10. The number of methoxy groups -OCH3 is 2. The number of nitrogens with zero attached hydrogens (tertiary/aromatic N) is 2. The summed E-state index contributed by atoms with van der Waals surface area (Å²) in [5.74, 6) is 1.86. The topological polar surface area (TPSA) is 91.1 Å². The monoisotopic (exact) mass is 540 g/mol. The molecule has 0 aliphatic rings. The van der Waals surface area contributed by atoms with E-state index in [9.17, 15) is 9.59 Å². The molecule has 8 nitrogen and oxygen atoms in total. The SMILES string of the molecule is COC(=O)CN(Cc1ccc(/C=C(\C)Cc2nc(-c3ccccc3)oc2C)cc1)C(=O)Oc1ccc(OC)cc1. The Bertz CT molecular complexity index is 1460. The predicted octanol–water partition coefficient (Wildman–Crippen LogP) is 6.48. The highest BCUT2D eigenvalue weighted by Gasteiger charge is 2.20. The first-order chi connectivity index (χ1) is 19.3. The van der Waals surface area contributed by atoms with E-state index in [1.807, 2.05) is 61.5 Å². The number of hydrogen-bond acceptors (Lipinski definition) is 7. The van der Waals surface area contributed by atoms with Gasteiger partial charge in [-0.3, -0.25) is 9.69 Å². The van der Waals surface area contributed by atoms with Crippen molar-refractivity contribution in [2.75, 3.05) is 20.8 Å². The molecule has 0 saturated carbocycles. The van der Waals surface area contributed by atoms with Crippen molar-refractivity contribution in [3.63, 3.8) is 0 Å². The van der Waals surface area contributed by atoms with E-state index in [2.05, 4.69) is 13.0 Å². The third kappa shape index (κ3) is 7.60. The molecular weight excluding hydrogens is 508 g/mol. The molecule has 0 aliphatic carbocycles. The minimum atomic E-state index is -0.659. The lowest BCUT2D eigenvalue weighted by atomic mass is 10.1.